The molecule has 1 saturated carbocycles. The van der Waals surface area contributed by atoms with E-state index < -0.39 is 5.60 Å². The van der Waals surface area contributed by atoms with Crippen molar-refractivity contribution in [2.45, 2.75) is 45.1 Å². The lowest BCUT2D eigenvalue weighted by Gasteiger charge is -2.41. The molecule has 2 fully saturated rings. The Balaban J connectivity index is 2.17. The van der Waals surface area contributed by atoms with Crippen LogP contribution in [0.5, 0.6) is 0 Å². The zero-order valence-electron chi connectivity index (χ0n) is 8.68. The van der Waals surface area contributed by atoms with Crippen LogP contribution in [0.4, 0.5) is 0 Å². The summed E-state index contributed by atoms with van der Waals surface area (Å²) in [5.41, 5.74) is -0.366. The number of hydrogen-bond donors (Lipinski definition) is 1. The Morgan fingerprint density at radius 3 is 2.54 bits per heavy atom. The SMILES string of the molecule is CC1(C)CCCC1(O)C1CCOC1. The monoisotopic (exact) mass is 184 g/mol. The zero-order valence-corrected chi connectivity index (χ0v) is 8.68. The molecule has 0 spiro atoms. The van der Waals surface area contributed by atoms with Crippen molar-refractivity contribution in [3.63, 3.8) is 0 Å². The van der Waals surface area contributed by atoms with Gasteiger partial charge in [0.1, 0.15) is 0 Å². The van der Waals surface area contributed by atoms with Crippen molar-refractivity contribution in [2.75, 3.05) is 13.2 Å². The van der Waals surface area contributed by atoms with Gasteiger partial charge in [0.25, 0.3) is 0 Å². The van der Waals surface area contributed by atoms with E-state index in [4.69, 9.17) is 4.74 Å². The second kappa shape index (κ2) is 2.96. The van der Waals surface area contributed by atoms with Crippen LogP contribution in [-0.4, -0.2) is 23.9 Å². The van der Waals surface area contributed by atoms with Gasteiger partial charge in [-0.25, -0.2) is 0 Å². The maximum absolute atomic E-state index is 10.6. The number of ether oxygens (including phenoxy) is 1. The van der Waals surface area contributed by atoms with Gasteiger partial charge in [0.05, 0.1) is 12.2 Å². The number of rotatable bonds is 1. The maximum Gasteiger partial charge on any atom is 0.0749 e. The minimum atomic E-state index is -0.455. The quantitative estimate of drug-likeness (QED) is 0.675. The maximum atomic E-state index is 10.6. The Morgan fingerprint density at radius 2 is 2.08 bits per heavy atom. The minimum Gasteiger partial charge on any atom is -0.389 e. The first-order chi connectivity index (χ1) is 6.06. The summed E-state index contributed by atoms with van der Waals surface area (Å²) in [6, 6.07) is 0. The normalized spacial score (nSPS) is 44.1. The summed E-state index contributed by atoms with van der Waals surface area (Å²) in [4.78, 5) is 0. The van der Waals surface area contributed by atoms with Gasteiger partial charge in [-0.3, -0.25) is 0 Å². The summed E-state index contributed by atoms with van der Waals surface area (Å²) in [5.74, 6) is 0.380. The molecule has 0 aromatic rings. The summed E-state index contributed by atoms with van der Waals surface area (Å²) in [6.07, 6.45) is 4.33. The molecule has 2 aliphatic rings. The smallest absolute Gasteiger partial charge is 0.0749 e. The predicted octanol–water partition coefficient (Wildman–Crippen LogP) is 1.96. The summed E-state index contributed by atoms with van der Waals surface area (Å²) in [5, 5.41) is 10.6. The summed E-state index contributed by atoms with van der Waals surface area (Å²) in [6.45, 7) is 5.99. The van der Waals surface area contributed by atoms with Crippen LogP contribution in [0.1, 0.15) is 39.5 Å². The lowest BCUT2D eigenvalue weighted by atomic mass is 9.70. The highest BCUT2D eigenvalue weighted by atomic mass is 16.5. The molecule has 1 aliphatic carbocycles. The van der Waals surface area contributed by atoms with Crippen LogP contribution < -0.4 is 0 Å². The van der Waals surface area contributed by atoms with E-state index in [0.29, 0.717) is 5.92 Å². The largest absolute Gasteiger partial charge is 0.389 e. The molecule has 0 amide bonds. The highest BCUT2D eigenvalue weighted by Gasteiger charge is 2.52. The molecule has 0 aromatic carbocycles. The van der Waals surface area contributed by atoms with Crippen LogP contribution in [0.15, 0.2) is 0 Å². The highest BCUT2D eigenvalue weighted by Crippen LogP contribution is 2.51. The minimum absolute atomic E-state index is 0.0887. The third-order valence-corrected chi connectivity index (χ3v) is 4.14. The molecular formula is C11H20O2. The molecule has 0 radical (unpaired) electrons. The Kier molecular flexibility index (Phi) is 2.16. The van der Waals surface area contributed by atoms with Crippen LogP contribution >= 0.6 is 0 Å². The lowest BCUT2D eigenvalue weighted by Crippen LogP contribution is -2.47. The standard InChI is InChI=1S/C11H20O2/c1-10(2)5-3-6-11(10,12)9-4-7-13-8-9/h9,12H,3-8H2,1-2H3. The molecule has 1 saturated heterocycles. The third-order valence-electron chi connectivity index (χ3n) is 4.14. The first-order valence-corrected chi connectivity index (χ1v) is 5.36. The summed E-state index contributed by atoms with van der Waals surface area (Å²) >= 11 is 0. The fourth-order valence-corrected chi connectivity index (χ4v) is 3.02. The van der Waals surface area contributed by atoms with Crippen LogP contribution in [-0.2, 0) is 4.74 Å². The third kappa shape index (κ3) is 1.31. The van der Waals surface area contributed by atoms with Gasteiger partial charge < -0.3 is 9.84 Å². The fourth-order valence-electron chi connectivity index (χ4n) is 3.02. The van der Waals surface area contributed by atoms with E-state index in [9.17, 15) is 5.11 Å². The summed E-state index contributed by atoms with van der Waals surface area (Å²) < 4.78 is 5.37. The Labute approximate surface area is 80.3 Å². The van der Waals surface area contributed by atoms with Crippen molar-refractivity contribution >= 4 is 0 Å². The highest BCUT2D eigenvalue weighted by molar-refractivity contribution is 5.03. The first-order valence-electron chi connectivity index (χ1n) is 5.36. The van der Waals surface area contributed by atoms with Crippen molar-refractivity contribution in [1.29, 1.82) is 0 Å². The molecule has 2 heteroatoms. The molecule has 0 bridgehead atoms. The van der Waals surface area contributed by atoms with E-state index in [2.05, 4.69) is 13.8 Å². The van der Waals surface area contributed by atoms with Gasteiger partial charge >= 0.3 is 0 Å². The van der Waals surface area contributed by atoms with Gasteiger partial charge in [0, 0.05) is 12.5 Å². The lowest BCUT2D eigenvalue weighted by molar-refractivity contribution is -0.0913. The molecule has 76 valence electrons. The van der Waals surface area contributed by atoms with Crippen molar-refractivity contribution in [2.24, 2.45) is 11.3 Å². The van der Waals surface area contributed by atoms with Gasteiger partial charge in [-0.2, -0.15) is 0 Å². The van der Waals surface area contributed by atoms with Gasteiger partial charge in [-0.1, -0.05) is 13.8 Å². The number of aliphatic hydroxyl groups is 1. The van der Waals surface area contributed by atoms with Crippen LogP contribution in [0.2, 0.25) is 0 Å². The molecular weight excluding hydrogens is 164 g/mol. The summed E-state index contributed by atoms with van der Waals surface area (Å²) in [7, 11) is 0. The van der Waals surface area contributed by atoms with E-state index in [1.165, 1.54) is 6.42 Å². The molecule has 1 N–H and O–H groups in total. The molecule has 2 unspecified atom stereocenters. The molecule has 2 rings (SSSR count). The Bertz CT molecular complexity index is 194. The average molecular weight is 184 g/mol. The van der Waals surface area contributed by atoms with Gasteiger partial charge in [0.15, 0.2) is 0 Å². The zero-order chi connectivity index (χ0) is 9.53. The Morgan fingerprint density at radius 1 is 1.31 bits per heavy atom. The van der Waals surface area contributed by atoms with Crippen LogP contribution in [0.25, 0.3) is 0 Å². The van der Waals surface area contributed by atoms with Crippen molar-refractivity contribution in [1.82, 2.24) is 0 Å². The van der Waals surface area contributed by atoms with Crippen LogP contribution in [0.3, 0.4) is 0 Å². The van der Waals surface area contributed by atoms with Gasteiger partial charge in [0.2, 0.25) is 0 Å². The van der Waals surface area contributed by atoms with E-state index in [0.717, 1.165) is 32.5 Å². The molecule has 1 aliphatic heterocycles. The van der Waals surface area contributed by atoms with E-state index in [1.54, 1.807) is 0 Å². The van der Waals surface area contributed by atoms with Gasteiger partial charge in [-0.15, -0.1) is 0 Å². The van der Waals surface area contributed by atoms with Crippen molar-refractivity contribution in [3.05, 3.63) is 0 Å². The predicted molar refractivity (Wildman–Crippen MR) is 51.5 cm³/mol. The second-order valence-corrected chi connectivity index (χ2v) is 5.22. The second-order valence-electron chi connectivity index (χ2n) is 5.22. The van der Waals surface area contributed by atoms with Crippen LogP contribution in [0, 0.1) is 11.3 Å². The number of hydrogen-bond acceptors (Lipinski definition) is 2. The Hall–Kier alpha value is -0.0800. The van der Waals surface area contributed by atoms with E-state index in [-0.39, 0.29) is 5.41 Å². The van der Waals surface area contributed by atoms with E-state index >= 15 is 0 Å². The molecule has 2 atom stereocenters. The van der Waals surface area contributed by atoms with Crippen molar-refractivity contribution in [3.8, 4) is 0 Å². The first kappa shape index (κ1) is 9.47. The molecule has 1 heterocycles. The van der Waals surface area contributed by atoms with E-state index in [1.807, 2.05) is 0 Å². The topological polar surface area (TPSA) is 29.5 Å². The average Bonchev–Trinajstić information content (AvgIpc) is 2.61. The molecule has 0 aromatic heterocycles. The molecule has 2 nitrogen and oxygen atoms in total. The fraction of sp³-hybridized carbons (Fsp3) is 1.00. The van der Waals surface area contributed by atoms with Gasteiger partial charge in [-0.05, 0) is 31.1 Å². The molecule has 13 heavy (non-hydrogen) atoms. The van der Waals surface area contributed by atoms with Crippen molar-refractivity contribution < 1.29 is 9.84 Å².